The summed E-state index contributed by atoms with van der Waals surface area (Å²) in [5, 5.41) is 4.20. The van der Waals surface area contributed by atoms with Crippen molar-refractivity contribution in [1.82, 2.24) is 9.78 Å². The van der Waals surface area contributed by atoms with E-state index in [-0.39, 0.29) is 5.41 Å². The highest BCUT2D eigenvalue weighted by molar-refractivity contribution is 5.34. The molecular weight excluding hydrogens is 210 g/mol. The van der Waals surface area contributed by atoms with E-state index >= 15 is 0 Å². The highest BCUT2D eigenvalue weighted by Gasteiger charge is 2.15. The van der Waals surface area contributed by atoms with Gasteiger partial charge in [-0.15, -0.1) is 0 Å². The maximum Gasteiger partial charge on any atom is 0.0645 e. The lowest BCUT2D eigenvalue weighted by Gasteiger charge is -2.22. The van der Waals surface area contributed by atoms with Gasteiger partial charge in [0, 0.05) is 12.4 Å². The average Bonchev–Trinajstić information content (AvgIpc) is 2.83. The minimum absolute atomic E-state index is 0.160. The Morgan fingerprint density at radius 2 is 1.94 bits per heavy atom. The Kier molecular flexibility index (Phi) is 3.29. The van der Waals surface area contributed by atoms with Crippen molar-refractivity contribution in [3.05, 3.63) is 48.3 Å². The molecule has 2 rings (SSSR count). The molecule has 0 fully saturated rings. The lowest BCUT2D eigenvalue weighted by molar-refractivity contribution is 0.377. The van der Waals surface area contributed by atoms with Gasteiger partial charge in [0.05, 0.1) is 5.69 Å². The number of aromatic nitrogens is 2. The second-order valence-electron chi connectivity index (χ2n) is 5.16. The first kappa shape index (κ1) is 11.9. The molecule has 0 aliphatic heterocycles. The summed E-state index contributed by atoms with van der Waals surface area (Å²) in [5.41, 5.74) is 8.31. The first-order chi connectivity index (χ1) is 8.11. The number of nitrogens with zero attached hydrogens (tertiary/aromatic N) is 2. The normalized spacial score (nSPS) is 11.7. The van der Waals surface area contributed by atoms with Crippen LogP contribution in [0.5, 0.6) is 0 Å². The average molecular weight is 229 g/mol. The summed E-state index contributed by atoms with van der Waals surface area (Å²) in [6.07, 6.45) is 4.73. The molecule has 0 amide bonds. The van der Waals surface area contributed by atoms with Crippen molar-refractivity contribution in [3.63, 3.8) is 0 Å². The molecule has 1 heterocycles. The van der Waals surface area contributed by atoms with E-state index in [1.807, 2.05) is 16.9 Å². The minimum atomic E-state index is 0.160. The first-order valence-electron chi connectivity index (χ1n) is 5.90. The maximum absolute atomic E-state index is 5.75. The standard InChI is InChI=1S/C14H19N3/c1-14(2,11-15)10-12-4-6-13(7-5-12)17-9-3-8-16-17/h3-9H,10-11,15H2,1-2H3. The Morgan fingerprint density at radius 1 is 1.24 bits per heavy atom. The van der Waals surface area contributed by atoms with Gasteiger partial charge in [-0.3, -0.25) is 0 Å². The zero-order valence-corrected chi connectivity index (χ0v) is 10.4. The van der Waals surface area contributed by atoms with E-state index < -0.39 is 0 Å². The van der Waals surface area contributed by atoms with Crippen LogP contribution in [0.2, 0.25) is 0 Å². The molecule has 0 unspecified atom stereocenters. The van der Waals surface area contributed by atoms with Crippen molar-refractivity contribution < 1.29 is 0 Å². The van der Waals surface area contributed by atoms with E-state index in [4.69, 9.17) is 5.73 Å². The third kappa shape index (κ3) is 2.94. The Morgan fingerprint density at radius 3 is 2.47 bits per heavy atom. The summed E-state index contributed by atoms with van der Waals surface area (Å²) < 4.78 is 1.86. The largest absolute Gasteiger partial charge is 0.330 e. The van der Waals surface area contributed by atoms with E-state index in [0.717, 1.165) is 12.1 Å². The molecule has 0 bridgehead atoms. The van der Waals surface area contributed by atoms with Crippen LogP contribution in [0.1, 0.15) is 19.4 Å². The van der Waals surface area contributed by atoms with E-state index in [9.17, 15) is 0 Å². The van der Waals surface area contributed by atoms with Crippen molar-refractivity contribution in [2.75, 3.05) is 6.54 Å². The van der Waals surface area contributed by atoms with Crippen molar-refractivity contribution in [2.24, 2.45) is 11.1 Å². The fourth-order valence-corrected chi connectivity index (χ4v) is 1.81. The monoisotopic (exact) mass is 229 g/mol. The van der Waals surface area contributed by atoms with Crippen LogP contribution in [0.3, 0.4) is 0 Å². The molecule has 0 atom stereocenters. The molecule has 0 aliphatic carbocycles. The topological polar surface area (TPSA) is 43.8 Å². The van der Waals surface area contributed by atoms with Crippen LogP contribution in [-0.4, -0.2) is 16.3 Å². The van der Waals surface area contributed by atoms with Crippen LogP contribution in [0.4, 0.5) is 0 Å². The smallest absolute Gasteiger partial charge is 0.0645 e. The fraction of sp³-hybridized carbons (Fsp3) is 0.357. The lowest BCUT2D eigenvalue weighted by Crippen LogP contribution is -2.25. The molecule has 90 valence electrons. The van der Waals surface area contributed by atoms with Gasteiger partial charge in [0.2, 0.25) is 0 Å². The van der Waals surface area contributed by atoms with Gasteiger partial charge in [0.1, 0.15) is 0 Å². The summed E-state index contributed by atoms with van der Waals surface area (Å²) in [4.78, 5) is 0. The molecule has 0 saturated carbocycles. The van der Waals surface area contributed by atoms with Gasteiger partial charge in [-0.1, -0.05) is 26.0 Å². The van der Waals surface area contributed by atoms with Crippen LogP contribution >= 0.6 is 0 Å². The van der Waals surface area contributed by atoms with Gasteiger partial charge in [0.15, 0.2) is 0 Å². The Bertz CT molecular complexity index is 455. The lowest BCUT2D eigenvalue weighted by atomic mass is 9.86. The first-order valence-corrected chi connectivity index (χ1v) is 5.90. The van der Waals surface area contributed by atoms with Gasteiger partial charge in [0.25, 0.3) is 0 Å². The number of hydrogen-bond acceptors (Lipinski definition) is 2. The zero-order valence-electron chi connectivity index (χ0n) is 10.4. The Balaban J connectivity index is 2.14. The molecule has 3 nitrogen and oxygen atoms in total. The van der Waals surface area contributed by atoms with Crippen molar-refractivity contribution >= 4 is 0 Å². The highest BCUT2D eigenvalue weighted by atomic mass is 15.3. The SMILES string of the molecule is CC(C)(CN)Cc1ccc(-n2cccn2)cc1. The molecule has 0 aliphatic rings. The quantitative estimate of drug-likeness (QED) is 0.875. The number of benzene rings is 1. The van der Waals surface area contributed by atoms with Gasteiger partial charge in [-0.2, -0.15) is 5.10 Å². The molecule has 17 heavy (non-hydrogen) atoms. The molecule has 1 aromatic carbocycles. The zero-order chi connectivity index (χ0) is 12.3. The second-order valence-corrected chi connectivity index (χ2v) is 5.16. The van der Waals surface area contributed by atoms with Crippen molar-refractivity contribution in [1.29, 1.82) is 0 Å². The number of nitrogens with two attached hydrogens (primary N) is 1. The van der Waals surface area contributed by atoms with Crippen molar-refractivity contribution in [3.8, 4) is 5.69 Å². The van der Waals surface area contributed by atoms with E-state index in [1.165, 1.54) is 5.56 Å². The number of hydrogen-bond donors (Lipinski definition) is 1. The van der Waals surface area contributed by atoms with Crippen LogP contribution in [0, 0.1) is 5.41 Å². The van der Waals surface area contributed by atoms with Crippen LogP contribution in [-0.2, 0) is 6.42 Å². The number of rotatable bonds is 4. The fourth-order valence-electron chi connectivity index (χ4n) is 1.81. The summed E-state index contributed by atoms with van der Waals surface area (Å²) in [7, 11) is 0. The molecule has 0 spiro atoms. The third-order valence-electron chi connectivity index (χ3n) is 2.94. The summed E-state index contributed by atoms with van der Waals surface area (Å²) in [6, 6.07) is 10.4. The Labute approximate surface area is 102 Å². The van der Waals surface area contributed by atoms with Crippen molar-refractivity contribution in [2.45, 2.75) is 20.3 Å². The van der Waals surface area contributed by atoms with Crippen LogP contribution < -0.4 is 5.73 Å². The molecule has 2 N–H and O–H groups in total. The summed E-state index contributed by atoms with van der Waals surface area (Å²) in [6.45, 7) is 5.08. The minimum Gasteiger partial charge on any atom is -0.330 e. The molecule has 3 heteroatoms. The molecule has 0 radical (unpaired) electrons. The highest BCUT2D eigenvalue weighted by Crippen LogP contribution is 2.20. The van der Waals surface area contributed by atoms with Gasteiger partial charge in [-0.25, -0.2) is 4.68 Å². The van der Waals surface area contributed by atoms with Gasteiger partial charge in [-0.05, 0) is 42.1 Å². The third-order valence-corrected chi connectivity index (χ3v) is 2.94. The van der Waals surface area contributed by atoms with Crippen LogP contribution in [0.15, 0.2) is 42.7 Å². The second kappa shape index (κ2) is 4.72. The van der Waals surface area contributed by atoms with Gasteiger partial charge < -0.3 is 5.73 Å². The van der Waals surface area contributed by atoms with Crippen LogP contribution in [0.25, 0.3) is 5.69 Å². The molecule has 1 aromatic heterocycles. The summed E-state index contributed by atoms with van der Waals surface area (Å²) >= 11 is 0. The molecule has 2 aromatic rings. The summed E-state index contributed by atoms with van der Waals surface area (Å²) in [5.74, 6) is 0. The predicted octanol–water partition coefficient (Wildman–Crippen LogP) is 2.40. The maximum atomic E-state index is 5.75. The van der Waals surface area contributed by atoms with Gasteiger partial charge >= 0.3 is 0 Å². The predicted molar refractivity (Wildman–Crippen MR) is 70.1 cm³/mol. The molecular formula is C14H19N3. The van der Waals surface area contributed by atoms with E-state index in [0.29, 0.717) is 6.54 Å². The molecule has 0 saturated heterocycles. The Hall–Kier alpha value is -1.61. The van der Waals surface area contributed by atoms with E-state index in [2.05, 4.69) is 43.2 Å². The van der Waals surface area contributed by atoms with E-state index in [1.54, 1.807) is 6.20 Å².